The Hall–Kier alpha value is -7.29. The van der Waals surface area contributed by atoms with E-state index in [1.165, 1.54) is 98.0 Å². The van der Waals surface area contributed by atoms with Gasteiger partial charge < -0.3 is 0 Å². The molecule has 0 amide bonds. The summed E-state index contributed by atoms with van der Waals surface area (Å²) in [5.74, 6) is 1.07. The second kappa shape index (κ2) is 12.4. The number of para-hydroxylation sites is 1. The number of hydrogen-bond donors (Lipinski definition) is 0. The molecule has 2 nitrogen and oxygen atoms in total. The first-order valence-corrected chi connectivity index (χ1v) is 19.9. The van der Waals surface area contributed by atoms with Gasteiger partial charge in [0.05, 0.1) is 11.0 Å². The summed E-state index contributed by atoms with van der Waals surface area (Å²) in [6.07, 6.45) is 0.870. The highest BCUT2D eigenvalue weighted by Gasteiger charge is 2.17. The first kappa shape index (κ1) is 32.0. The molecular formula is C55H36N2. The summed E-state index contributed by atoms with van der Waals surface area (Å²) >= 11 is 0. The number of benzene rings is 10. The second-order valence-electron chi connectivity index (χ2n) is 15.4. The summed E-state index contributed by atoms with van der Waals surface area (Å²) in [5.41, 5.74) is 10.5. The van der Waals surface area contributed by atoms with Gasteiger partial charge in [-0.25, -0.2) is 4.98 Å². The molecule has 2 heteroatoms. The largest absolute Gasteiger partial charge is 0.296 e. The molecule has 0 aliphatic carbocycles. The molecular weight excluding hydrogens is 689 g/mol. The minimum Gasteiger partial charge on any atom is -0.296 e. The van der Waals surface area contributed by atoms with Crippen molar-refractivity contribution in [2.24, 2.45) is 0 Å². The van der Waals surface area contributed by atoms with Gasteiger partial charge in [-0.1, -0.05) is 159 Å². The van der Waals surface area contributed by atoms with Gasteiger partial charge in [-0.3, -0.25) is 4.57 Å². The monoisotopic (exact) mass is 724 g/mol. The van der Waals surface area contributed by atoms with Crippen molar-refractivity contribution in [1.29, 1.82) is 0 Å². The Kier molecular flexibility index (Phi) is 6.94. The van der Waals surface area contributed by atoms with Gasteiger partial charge in [-0.2, -0.15) is 0 Å². The highest BCUT2D eigenvalue weighted by atomic mass is 15.1. The van der Waals surface area contributed by atoms with Crippen molar-refractivity contribution < 1.29 is 0 Å². The number of aryl methyl sites for hydroxylation is 1. The minimum atomic E-state index is 0.870. The SMILES string of the molecule is CCc1nc2cc(-c3ccc(-c4ccc(-c5cc6ccc7cccc8c9cccc%10ccc%11cccc(c(c5)c6c78)c%11c%109)cc4)cc3)ccc2n1-c1ccccc1. The van der Waals surface area contributed by atoms with E-state index in [2.05, 4.69) is 200 Å². The van der Waals surface area contributed by atoms with Gasteiger partial charge >= 0.3 is 0 Å². The van der Waals surface area contributed by atoms with Gasteiger partial charge in [-0.05, 0) is 134 Å². The minimum absolute atomic E-state index is 0.870. The fraction of sp³-hybridized carbons (Fsp3) is 0.0364. The van der Waals surface area contributed by atoms with E-state index in [1.807, 2.05) is 0 Å². The zero-order valence-electron chi connectivity index (χ0n) is 31.5. The standard InChI is InChI=1S/C55H36N2/c1-2-51-56-49-33-41(29-30-50(49)57(51)44-12-4-3-5-13-44)36-21-17-34(18-22-36)35-19-23-37(24-20-35)43-31-42-28-27-40-10-7-15-46-45-14-6-9-38-25-26-39-11-8-16-47(54(39)52(38)45)48(32-43)55(42)53(40)46/h3-33H,2H2,1H3. The van der Waals surface area contributed by atoms with Gasteiger partial charge in [0, 0.05) is 12.1 Å². The van der Waals surface area contributed by atoms with Crippen LogP contribution >= 0.6 is 0 Å². The Labute approximate surface area is 330 Å². The van der Waals surface area contributed by atoms with E-state index in [1.54, 1.807) is 0 Å². The van der Waals surface area contributed by atoms with E-state index in [0.29, 0.717) is 0 Å². The van der Waals surface area contributed by atoms with Crippen molar-refractivity contribution in [3.63, 3.8) is 0 Å². The fourth-order valence-electron chi connectivity index (χ4n) is 9.57. The lowest BCUT2D eigenvalue weighted by Crippen LogP contribution is -1.99. The van der Waals surface area contributed by atoms with E-state index in [4.69, 9.17) is 4.98 Å². The molecule has 0 saturated heterocycles. The van der Waals surface area contributed by atoms with Crippen molar-refractivity contribution in [2.75, 3.05) is 0 Å². The maximum absolute atomic E-state index is 5.03. The van der Waals surface area contributed by atoms with Crippen LogP contribution in [0.5, 0.6) is 0 Å². The van der Waals surface area contributed by atoms with Crippen molar-refractivity contribution in [2.45, 2.75) is 13.3 Å². The van der Waals surface area contributed by atoms with Crippen LogP contribution in [0, 0.1) is 0 Å². The maximum atomic E-state index is 5.03. The van der Waals surface area contributed by atoms with Crippen LogP contribution in [0.2, 0.25) is 0 Å². The Morgan fingerprint density at radius 2 is 0.842 bits per heavy atom. The van der Waals surface area contributed by atoms with Crippen LogP contribution in [0.3, 0.4) is 0 Å². The Bertz CT molecular complexity index is 3510. The second-order valence-corrected chi connectivity index (χ2v) is 15.4. The molecule has 0 bridgehead atoms. The Balaban J connectivity index is 0.948. The first-order valence-electron chi connectivity index (χ1n) is 19.9. The molecule has 12 aromatic rings. The van der Waals surface area contributed by atoms with Gasteiger partial charge in [0.15, 0.2) is 0 Å². The topological polar surface area (TPSA) is 17.8 Å². The highest BCUT2D eigenvalue weighted by Crippen LogP contribution is 2.44. The van der Waals surface area contributed by atoms with E-state index < -0.39 is 0 Å². The smallest absolute Gasteiger partial charge is 0.114 e. The molecule has 0 spiro atoms. The van der Waals surface area contributed by atoms with E-state index >= 15 is 0 Å². The average molecular weight is 725 g/mol. The lowest BCUT2D eigenvalue weighted by atomic mass is 9.86. The lowest BCUT2D eigenvalue weighted by molar-refractivity contribution is 0.908. The molecule has 12 rings (SSSR count). The number of aromatic nitrogens is 2. The molecule has 0 fully saturated rings. The van der Waals surface area contributed by atoms with Crippen LogP contribution in [-0.4, -0.2) is 9.55 Å². The fourth-order valence-corrected chi connectivity index (χ4v) is 9.57. The van der Waals surface area contributed by atoms with Gasteiger partial charge in [0.1, 0.15) is 5.82 Å². The summed E-state index contributed by atoms with van der Waals surface area (Å²) in [7, 11) is 0. The van der Waals surface area contributed by atoms with Crippen LogP contribution in [0.4, 0.5) is 0 Å². The van der Waals surface area contributed by atoms with Crippen LogP contribution in [0.1, 0.15) is 12.7 Å². The predicted molar refractivity (Wildman–Crippen MR) is 243 cm³/mol. The molecule has 0 saturated carbocycles. The van der Waals surface area contributed by atoms with E-state index in [0.717, 1.165) is 29.0 Å². The molecule has 0 radical (unpaired) electrons. The van der Waals surface area contributed by atoms with Crippen molar-refractivity contribution in [3.05, 3.63) is 194 Å². The van der Waals surface area contributed by atoms with Crippen LogP contribution in [0.15, 0.2) is 188 Å². The molecule has 1 heterocycles. The summed E-state index contributed by atoms with van der Waals surface area (Å²) in [6, 6.07) is 69.6. The lowest BCUT2D eigenvalue weighted by Gasteiger charge is -2.17. The average Bonchev–Trinajstić information content (AvgIpc) is 3.66. The zero-order valence-corrected chi connectivity index (χ0v) is 31.5. The predicted octanol–water partition coefficient (Wildman–Crippen LogP) is 14.9. The summed E-state index contributed by atoms with van der Waals surface area (Å²) in [4.78, 5) is 5.03. The number of fused-ring (bicyclic) bond motifs is 3. The first-order chi connectivity index (χ1) is 28.2. The Morgan fingerprint density at radius 3 is 1.40 bits per heavy atom. The number of imidazole rings is 1. The summed E-state index contributed by atoms with van der Waals surface area (Å²) < 4.78 is 2.28. The van der Waals surface area contributed by atoms with Crippen molar-refractivity contribution in [3.8, 4) is 39.1 Å². The number of rotatable bonds is 5. The van der Waals surface area contributed by atoms with Crippen LogP contribution in [0.25, 0.3) is 115 Å². The normalized spacial score (nSPS) is 12.0. The van der Waals surface area contributed by atoms with Crippen LogP contribution in [-0.2, 0) is 6.42 Å². The zero-order chi connectivity index (χ0) is 37.6. The molecule has 0 N–H and O–H groups in total. The molecule has 266 valence electrons. The van der Waals surface area contributed by atoms with Gasteiger partial charge in [0.2, 0.25) is 0 Å². The van der Waals surface area contributed by atoms with Crippen LogP contribution < -0.4 is 0 Å². The van der Waals surface area contributed by atoms with Gasteiger partial charge in [-0.15, -0.1) is 0 Å². The molecule has 0 atom stereocenters. The van der Waals surface area contributed by atoms with Crippen molar-refractivity contribution >= 4 is 75.7 Å². The quantitative estimate of drug-likeness (QED) is 0.162. The maximum Gasteiger partial charge on any atom is 0.114 e. The molecule has 0 unspecified atom stereocenters. The van der Waals surface area contributed by atoms with E-state index in [-0.39, 0.29) is 0 Å². The van der Waals surface area contributed by atoms with Gasteiger partial charge in [0.25, 0.3) is 0 Å². The third-order valence-electron chi connectivity index (χ3n) is 12.2. The highest BCUT2D eigenvalue weighted by molar-refractivity contribution is 6.37. The number of hydrogen-bond acceptors (Lipinski definition) is 1. The molecule has 1 aromatic heterocycles. The van der Waals surface area contributed by atoms with Crippen molar-refractivity contribution in [1.82, 2.24) is 9.55 Å². The number of nitrogens with zero attached hydrogens (tertiary/aromatic N) is 2. The molecule has 0 aliphatic heterocycles. The molecule has 0 aliphatic rings. The summed E-state index contributed by atoms with van der Waals surface area (Å²) in [5, 5.41) is 15.6. The third kappa shape index (κ3) is 4.87. The Morgan fingerprint density at radius 1 is 0.368 bits per heavy atom. The summed E-state index contributed by atoms with van der Waals surface area (Å²) in [6.45, 7) is 2.17. The molecule has 57 heavy (non-hydrogen) atoms. The third-order valence-corrected chi connectivity index (χ3v) is 12.2. The molecule has 11 aromatic carbocycles. The van der Waals surface area contributed by atoms with E-state index in [9.17, 15) is 0 Å².